The number of rotatable bonds is 7. The normalized spacial score (nSPS) is 16.2. The number of hydrogen-bond acceptors (Lipinski definition) is 4. The topological polar surface area (TPSA) is 58.7 Å². The van der Waals surface area contributed by atoms with Crippen LogP contribution in [0.4, 0.5) is 0 Å². The van der Waals surface area contributed by atoms with Crippen molar-refractivity contribution in [1.82, 2.24) is 4.90 Å². The van der Waals surface area contributed by atoms with Crippen LogP contribution >= 0.6 is 0 Å². The highest BCUT2D eigenvalue weighted by Crippen LogP contribution is 2.02. The third-order valence-electron chi connectivity index (χ3n) is 2.32. The van der Waals surface area contributed by atoms with Gasteiger partial charge in [0.05, 0.1) is 19.3 Å². The fourth-order valence-electron chi connectivity index (χ4n) is 1.52. The van der Waals surface area contributed by atoms with Crippen molar-refractivity contribution in [3.8, 4) is 0 Å². The number of likely N-dealkylation sites (N-methyl/N-ethyl adjacent to an activating group) is 1. The highest BCUT2D eigenvalue weighted by atomic mass is 16.5. The fourth-order valence-corrected chi connectivity index (χ4v) is 1.52. The molecule has 0 aliphatic heterocycles. The Morgan fingerprint density at radius 1 is 1.38 bits per heavy atom. The number of nitrogens with two attached hydrogens (primary N) is 1. The van der Waals surface area contributed by atoms with Crippen molar-refractivity contribution in [2.75, 3.05) is 33.4 Å². The highest BCUT2D eigenvalue weighted by molar-refractivity contribution is 4.80. The number of ether oxygens (including phenoxy) is 1. The third kappa shape index (κ3) is 4.04. The molecule has 3 N–H and O–H groups in total. The number of aliphatic hydroxyl groups is 1. The summed E-state index contributed by atoms with van der Waals surface area (Å²) in [4.78, 5) is 2.14. The summed E-state index contributed by atoms with van der Waals surface area (Å²) in [7, 11) is 1.62. The van der Waals surface area contributed by atoms with Crippen molar-refractivity contribution >= 4 is 0 Å². The molecule has 0 aromatic rings. The first-order valence-corrected chi connectivity index (χ1v) is 4.80. The summed E-state index contributed by atoms with van der Waals surface area (Å²) in [5.74, 6) is 0. The van der Waals surface area contributed by atoms with Gasteiger partial charge in [-0.05, 0) is 13.1 Å². The zero-order valence-corrected chi connectivity index (χ0v) is 8.86. The maximum Gasteiger partial charge on any atom is 0.0629 e. The van der Waals surface area contributed by atoms with Crippen molar-refractivity contribution < 1.29 is 9.84 Å². The molecule has 0 fully saturated rings. The molecule has 0 bridgehead atoms. The van der Waals surface area contributed by atoms with Gasteiger partial charge in [-0.1, -0.05) is 13.8 Å². The van der Waals surface area contributed by atoms with E-state index in [4.69, 9.17) is 10.5 Å². The Balaban J connectivity index is 4.11. The zero-order valence-electron chi connectivity index (χ0n) is 8.86. The maximum atomic E-state index is 9.18. The lowest BCUT2D eigenvalue weighted by Crippen LogP contribution is -2.51. The van der Waals surface area contributed by atoms with Crippen molar-refractivity contribution in [3.05, 3.63) is 0 Å². The molecule has 0 saturated heterocycles. The summed E-state index contributed by atoms with van der Waals surface area (Å²) in [6, 6.07) is -0.107. The van der Waals surface area contributed by atoms with Crippen LogP contribution in [0.2, 0.25) is 0 Å². The van der Waals surface area contributed by atoms with Crippen LogP contribution in [0.3, 0.4) is 0 Å². The lowest BCUT2D eigenvalue weighted by molar-refractivity contribution is 0.0766. The molecule has 0 rings (SSSR count). The Bertz CT molecular complexity index is 118. The molecule has 0 spiro atoms. The SMILES string of the molecule is CCN(CC)C(CO)C(N)COC. The van der Waals surface area contributed by atoms with Crippen molar-refractivity contribution in [3.63, 3.8) is 0 Å². The van der Waals surface area contributed by atoms with E-state index in [2.05, 4.69) is 18.7 Å². The van der Waals surface area contributed by atoms with Crippen LogP contribution in [-0.2, 0) is 4.74 Å². The highest BCUT2D eigenvalue weighted by Gasteiger charge is 2.21. The minimum atomic E-state index is -0.116. The smallest absolute Gasteiger partial charge is 0.0629 e. The summed E-state index contributed by atoms with van der Waals surface area (Å²) in [5, 5.41) is 9.18. The predicted molar refractivity (Wildman–Crippen MR) is 53.6 cm³/mol. The minimum Gasteiger partial charge on any atom is -0.395 e. The van der Waals surface area contributed by atoms with E-state index in [9.17, 15) is 5.11 Å². The number of nitrogens with zero attached hydrogens (tertiary/aromatic N) is 1. The molecule has 0 radical (unpaired) electrons. The monoisotopic (exact) mass is 190 g/mol. The van der Waals surface area contributed by atoms with Gasteiger partial charge in [-0.2, -0.15) is 0 Å². The van der Waals surface area contributed by atoms with Crippen molar-refractivity contribution in [1.29, 1.82) is 0 Å². The molecule has 0 aliphatic carbocycles. The first kappa shape index (κ1) is 12.8. The maximum absolute atomic E-state index is 9.18. The lowest BCUT2D eigenvalue weighted by atomic mass is 10.1. The van der Waals surface area contributed by atoms with Gasteiger partial charge in [-0.15, -0.1) is 0 Å². The van der Waals surface area contributed by atoms with Crippen molar-refractivity contribution in [2.24, 2.45) is 5.73 Å². The van der Waals surface area contributed by atoms with E-state index in [1.165, 1.54) is 0 Å². The standard InChI is InChI=1S/C9H22N2O2/c1-4-11(5-2)9(6-12)8(10)7-13-3/h8-9,12H,4-7,10H2,1-3H3. The molecule has 0 aromatic heterocycles. The van der Waals surface area contributed by atoms with Gasteiger partial charge in [0.25, 0.3) is 0 Å². The predicted octanol–water partition coefficient (Wildman–Crippen LogP) is -0.337. The van der Waals surface area contributed by atoms with Gasteiger partial charge in [-0.3, -0.25) is 4.90 Å². The van der Waals surface area contributed by atoms with Gasteiger partial charge in [0.15, 0.2) is 0 Å². The molecule has 13 heavy (non-hydrogen) atoms. The van der Waals surface area contributed by atoms with E-state index >= 15 is 0 Å². The molecule has 4 heteroatoms. The van der Waals surface area contributed by atoms with Crippen LogP contribution < -0.4 is 5.73 Å². The van der Waals surface area contributed by atoms with Gasteiger partial charge < -0.3 is 15.6 Å². The van der Waals surface area contributed by atoms with Gasteiger partial charge in [-0.25, -0.2) is 0 Å². The second-order valence-corrected chi connectivity index (χ2v) is 3.09. The van der Waals surface area contributed by atoms with E-state index in [1.807, 2.05) is 0 Å². The average Bonchev–Trinajstić information content (AvgIpc) is 2.14. The van der Waals surface area contributed by atoms with E-state index < -0.39 is 0 Å². The molecule has 2 atom stereocenters. The summed E-state index contributed by atoms with van der Waals surface area (Å²) in [6.45, 7) is 6.50. The Kier molecular flexibility index (Phi) is 7.17. The second kappa shape index (κ2) is 7.26. The molecule has 0 aliphatic rings. The quantitative estimate of drug-likeness (QED) is 0.577. The van der Waals surface area contributed by atoms with Crippen molar-refractivity contribution in [2.45, 2.75) is 25.9 Å². The molecule has 80 valence electrons. The van der Waals surface area contributed by atoms with E-state index in [1.54, 1.807) is 7.11 Å². The Labute approximate surface area is 80.7 Å². The van der Waals surface area contributed by atoms with Gasteiger partial charge in [0, 0.05) is 13.2 Å². The second-order valence-electron chi connectivity index (χ2n) is 3.09. The van der Waals surface area contributed by atoms with Gasteiger partial charge in [0.2, 0.25) is 0 Å². The largest absolute Gasteiger partial charge is 0.395 e. The molecular weight excluding hydrogens is 168 g/mol. The number of methoxy groups -OCH3 is 1. The average molecular weight is 190 g/mol. The third-order valence-corrected chi connectivity index (χ3v) is 2.32. The van der Waals surface area contributed by atoms with E-state index in [-0.39, 0.29) is 18.7 Å². The molecule has 4 nitrogen and oxygen atoms in total. The van der Waals surface area contributed by atoms with Crippen LogP contribution in [0.15, 0.2) is 0 Å². The molecule has 0 aromatic carbocycles. The summed E-state index contributed by atoms with van der Waals surface area (Å²) in [5.41, 5.74) is 5.86. The number of aliphatic hydroxyl groups excluding tert-OH is 1. The first-order valence-electron chi connectivity index (χ1n) is 4.80. The summed E-state index contributed by atoms with van der Waals surface area (Å²) in [6.07, 6.45) is 0. The minimum absolute atomic E-state index is 0.00921. The van der Waals surface area contributed by atoms with Gasteiger partial charge >= 0.3 is 0 Å². The molecule has 0 amide bonds. The summed E-state index contributed by atoms with van der Waals surface area (Å²) < 4.78 is 4.96. The number of hydrogen-bond donors (Lipinski definition) is 2. The lowest BCUT2D eigenvalue weighted by Gasteiger charge is -2.32. The molecule has 0 saturated carbocycles. The van der Waals surface area contributed by atoms with Crippen LogP contribution in [0.1, 0.15) is 13.8 Å². The van der Waals surface area contributed by atoms with Crippen LogP contribution in [0.5, 0.6) is 0 Å². The first-order chi connectivity index (χ1) is 6.21. The fraction of sp³-hybridized carbons (Fsp3) is 1.00. The van der Waals surface area contributed by atoms with E-state index in [0.29, 0.717) is 6.61 Å². The van der Waals surface area contributed by atoms with Gasteiger partial charge in [0.1, 0.15) is 0 Å². The molecular formula is C9H22N2O2. The van der Waals surface area contributed by atoms with Crippen LogP contribution in [0.25, 0.3) is 0 Å². The van der Waals surface area contributed by atoms with Crippen LogP contribution in [0, 0.1) is 0 Å². The van der Waals surface area contributed by atoms with E-state index in [0.717, 1.165) is 13.1 Å². The summed E-state index contributed by atoms with van der Waals surface area (Å²) >= 11 is 0. The molecule has 0 heterocycles. The Morgan fingerprint density at radius 3 is 2.23 bits per heavy atom. The Hall–Kier alpha value is -0.160. The Morgan fingerprint density at radius 2 is 1.92 bits per heavy atom. The zero-order chi connectivity index (χ0) is 10.3. The molecule has 2 unspecified atom stereocenters. The van der Waals surface area contributed by atoms with Crippen LogP contribution in [-0.4, -0.2) is 55.5 Å².